The summed E-state index contributed by atoms with van der Waals surface area (Å²) in [4.78, 5) is 11.0. The van der Waals surface area contributed by atoms with Crippen LogP contribution in [0.5, 0.6) is 0 Å². The maximum Gasteiger partial charge on any atom is 0.322 e. The summed E-state index contributed by atoms with van der Waals surface area (Å²) in [7, 11) is 1.33. The van der Waals surface area contributed by atoms with Crippen molar-refractivity contribution in [1.29, 1.82) is 0 Å². The van der Waals surface area contributed by atoms with Gasteiger partial charge in [-0.15, -0.1) is 0 Å². The predicted octanol–water partition coefficient (Wildman–Crippen LogP) is -0.318. The normalized spacial score (nSPS) is 25.1. The molecule has 1 heterocycles. The Labute approximate surface area is 83.5 Å². The van der Waals surface area contributed by atoms with Gasteiger partial charge in [-0.1, -0.05) is 0 Å². The van der Waals surface area contributed by atoms with Crippen LogP contribution in [-0.2, 0) is 19.0 Å². The van der Waals surface area contributed by atoms with E-state index in [9.17, 15) is 4.79 Å². The summed E-state index contributed by atoms with van der Waals surface area (Å²) in [5.74, 6) is -0.390. The summed E-state index contributed by atoms with van der Waals surface area (Å²) < 4.78 is 15.2. The fourth-order valence-corrected chi connectivity index (χ4v) is 1.39. The molecule has 2 N–H and O–H groups in total. The van der Waals surface area contributed by atoms with Crippen LogP contribution in [0.25, 0.3) is 0 Å². The summed E-state index contributed by atoms with van der Waals surface area (Å²) in [6.07, 6.45) is 1.28. The van der Waals surface area contributed by atoms with E-state index in [4.69, 9.17) is 15.2 Å². The Bertz CT molecular complexity index is 178. The van der Waals surface area contributed by atoms with Gasteiger partial charge in [-0.05, 0) is 12.8 Å². The van der Waals surface area contributed by atoms with Crippen LogP contribution in [0.2, 0.25) is 0 Å². The van der Waals surface area contributed by atoms with E-state index >= 15 is 0 Å². The highest BCUT2D eigenvalue weighted by atomic mass is 16.5. The van der Waals surface area contributed by atoms with Crippen molar-refractivity contribution in [2.45, 2.75) is 25.0 Å². The van der Waals surface area contributed by atoms with Crippen molar-refractivity contribution < 1.29 is 19.0 Å². The monoisotopic (exact) mass is 203 g/mol. The molecular formula is C9H17NO4. The molecule has 0 amide bonds. The second kappa shape index (κ2) is 5.95. The molecule has 1 aliphatic heterocycles. The van der Waals surface area contributed by atoms with Crippen molar-refractivity contribution in [2.24, 2.45) is 5.73 Å². The maximum absolute atomic E-state index is 11.0. The van der Waals surface area contributed by atoms with Gasteiger partial charge in [0.05, 0.1) is 26.4 Å². The van der Waals surface area contributed by atoms with Crippen LogP contribution in [0.15, 0.2) is 0 Å². The van der Waals surface area contributed by atoms with Crippen molar-refractivity contribution in [3.8, 4) is 0 Å². The first-order valence-electron chi connectivity index (χ1n) is 4.76. The van der Waals surface area contributed by atoms with E-state index in [2.05, 4.69) is 4.74 Å². The third-order valence-corrected chi connectivity index (χ3v) is 2.19. The molecular weight excluding hydrogens is 186 g/mol. The lowest BCUT2D eigenvalue weighted by Crippen LogP contribution is -2.36. The summed E-state index contributed by atoms with van der Waals surface area (Å²) in [6.45, 7) is 1.85. The van der Waals surface area contributed by atoms with Gasteiger partial charge in [-0.3, -0.25) is 4.79 Å². The zero-order valence-electron chi connectivity index (χ0n) is 8.40. The Hall–Kier alpha value is -0.650. The van der Waals surface area contributed by atoms with Crippen molar-refractivity contribution >= 4 is 5.97 Å². The topological polar surface area (TPSA) is 70.8 Å². The fraction of sp³-hybridized carbons (Fsp3) is 0.889. The first-order chi connectivity index (χ1) is 6.74. The number of carbonyl (C=O) groups excluding carboxylic acids is 1. The highest BCUT2D eigenvalue weighted by molar-refractivity contribution is 5.75. The Balaban J connectivity index is 2.30. The van der Waals surface area contributed by atoms with Gasteiger partial charge in [-0.25, -0.2) is 0 Å². The highest BCUT2D eigenvalue weighted by Crippen LogP contribution is 2.10. The van der Waals surface area contributed by atoms with E-state index in [1.165, 1.54) is 7.11 Å². The third kappa shape index (κ3) is 3.61. The Kier molecular flexibility index (Phi) is 4.86. The Morgan fingerprint density at radius 3 is 3.07 bits per heavy atom. The number of hydrogen-bond donors (Lipinski definition) is 1. The molecule has 14 heavy (non-hydrogen) atoms. The predicted molar refractivity (Wildman–Crippen MR) is 49.8 cm³/mol. The van der Waals surface area contributed by atoms with Gasteiger partial charge in [0.1, 0.15) is 6.04 Å². The molecule has 5 nitrogen and oxygen atoms in total. The molecule has 0 aromatic heterocycles. The third-order valence-electron chi connectivity index (χ3n) is 2.19. The van der Waals surface area contributed by atoms with Crippen LogP contribution in [0.4, 0.5) is 0 Å². The van der Waals surface area contributed by atoms with Gasteiger partial charge in [0.25, 0.3) is 0 Å². The van der Waals surface area contributed by atoms with E-state index in [-0.39, 0.29) is 6.10 Å². The number of carbonyl (C=O) groups is 1. The molecule has 1 rings (SSSR count). The smallest absolute Gasteiger partial charge is 0.322 e. The van der Waals surface area contributed by atoms with Gasteiger partial charge in [0.2, 0.25) is 0 Å². The summed E-state index contributed by atoms with van der Waals surface area (Å²) in [5.41, 5.74) is 5.61. The quantitative estimate of drug-likeness (QED) is 0.637. The minimum Gasteiger partial charge on any atom is -0.468 e. The zero-order chi connectivity index (χ0) is 10.4. The molecule has 82 valence electrons. The van der Waals surface area contributed by atoms with Crippen LogP contribution in [0.1, 0.15) is 12.8 Å². The number of ether oxygens (including phenoxy) is 3. The van der Waals surface area contributed by atoms with Crippen LogP contribution < -0.4 is 5.73 Å². The lowest BCUT2D eigenvalue weighted by molar-refractivity contribution is -0.143. The van der Waals surface area contributed by atoms with Gasteiger partial charge < -0.3 is 19.9 Å². The summed E-state index contributed by atoms with van der Waals surface area (Å²) in [6, 6.07) is -0.594. The average molecular weight is 203 g/mol. The molecule has 0 aliphatic carbocycles. The molecule has 0 aromatic carbocycles. The van der Waals surface area contributed by atoms with Crippen LogP contribution in [-0.4, -0.2) is 45.0 Å². The number of methoxy groups -OCH3 is 1. The number of nitrogens with two attached hydrogens (primary N) is 1. The second-order valence-electron chi connectivity index (χ2n) is 3.26. The molecule has 2 unspecified atom stereocenters. The van der Waals surface area contributed by atoms with Crippen LogP contribution in [0, 0.1) is 0 Å². The molecule has 0 bridgehead atoms. The molecule has 2 atom stereocenters. The number of rotatable bonds is 3. The molecule has 0 spiro atoms. The number of esters is 1. The van der Waals surface area contributed by atoms with Crippen LogP contribution in [0.3, 0.4) is 0 Å². The molecule has 1 fully saturated rings. The standard InChI is InChI=1S/C9H17NO4/c1-12-9(11)8(10)6-7-2-3-13-4-5-14-7/h7-8H,2-6,10H2,1H3. The van der Waals surface area contributed by atoms with Crippen LogP contribution >= 0.6 is 0 Å². The van der Waals surface area contributed by atoms with Gasteiger partial charge in [0.15, 0.2) is 0 Å². The van der Waals surface area contributed by atoms with E-state index < -0.39 is 12.0 Å². The van der Waals surface area contributed by atoms with Gasteiger partial charge >= 0.3 is 5.97 Å². The molecule has 1 aliphatic rings. The average Bonchev–Trinajstić information content (AvgIpc) is 2.45. The van der Waals surface area contributed by atoms with E-state index in [0.29, 0.717) is 26.2 Å². The van der Waals surface area contributed by atoms with Crippen molar-refractivity contribution in [3.63, 3.8) is 0 Å². The second-order valence-corrected chi connectivity index (χ2v) is 3.26. The van der Waals surface area contributed by atoms with Crippen molar-refractivity contribution in [2.75, 3.05) is 26.9 Å². The first kappa shape index (κ1) is 11.4. The Morgan fingerprint density at radius 1 is 1.57 bits per heavy atom. The fourth-order valence-electron chi connectivity index (χ4n) is 1.39. The lowest BCUT2D eigenvalue weighted by atomic mass is 10.1. The van der Waals surface area contributed by atoms with Gasteiger partial charge in [-0.2, -0.15) is 0 Å². The largest absolute Gasteiger partial charge is 0.468 e. The molecule has 0 radical (unpaired) electrons. The van der Waals surface area contributed by atoms with E-state index in [1.54, 1.807) is 0 Å². The summed E-state index contributed by atoms with van der Waals surface area (Å²) >= 11 is 0. The van der Waals surface area contributed by atoms with E-state index in [1.807, 2.05) is 0 Å². The molecule has 1 saturated heterocycles. The summed E-state index contributed by atoms with van der Waals surface area (Å²) in [5, 5.41) is 0. The minimum absolute atomic E-state index is 0.00611. The number of hydrogen-bond acceptors (Lipinski definition) is 5. The molecule has 5 heteroatoms. The SMILES string of the molecule is COC(=O)C(N)CC1CCOCCO1. The van der Waals surface area contributed by atoms with Gasteiger partial charge in [0, 0.05) is 6.61 Å². The maximum atomic E-state index is 11.0. The Morgan fingerprint density at radius 2 is 2.36 bits per heavy atom. The zero-order valence-corrected chi connectivity index (χ0v) is 8.40. The lowest BCUT2D eigenvalue weighted by Gasteiger charge is -2.17. The molecule has 0 saturated carbocycles. The molecule has 0 aromatic rings. The van der Waals surface area contributed by atoms with Crippen molar-refractivity contribution in [3.05, 3.63) is 0 Å². The minimum atomic E-state index is -0.594. The van der Waals surface area contributed by atoms with E-state index in [0.717, 1.165) is 6.42 Å². The first-order valence-corrected chi connectivity index (χ1v) is 4.76. The van der Waals surface area contributed by atoms with Crippen molar-refractivity contribution in [1.82, 2.24) is 0 Å². The highest BCUT2D eigenvalue weighted by Gasteiger charge is 2.21.